The summed E-state index contributed by atoms with van der Waals surface area (Å²) in [4.78, 5) is 0. The topological polar surface area (TPSA) is 21.3 Å². The van der Waals surface area contributed by atoms with Gasteiger partial charge in [0.1, 0.15) is 5.75 Å². The third kappa shape index (κ3) is 2.19. The van der Waals surface area contributed by atoms with E-state index in [2.05, 4.69) is 23.5 Å². The third-order valence-electron chi connectivity index (χ3n) is 4.30. The minimum atomic E-state index is 0.371. The Morgan fingerprint density at radius 1 is 1.41 bits per heavy atom. The van der Waals surface area contributed by atoms with Gasteiger partial charge in [0.05, 0.1) is 7.11 Å². The monoisotopic (exact) mass is 231 g/mol. The van der Waals surface area contributed by atoms with Gasteiger partial charge >= 0.3 is 0 Å². The fourth-order valence-electron chi connectivity index (χ4n) is 3.11. The van der Waals surface area contributed by atoms with Gasteiger partial charge in [-0.25, -0.2) is 0 Å². The summed E-state index contributed by atoms with van der Waals surface area (Å²) in [5.41, 5.74) is 1.84. The van der Waals surface area contributed by atoms with E-state index in [1.165, 1.54) is 31.2 Å². The van der Waals surface area contributed by atoms with Crippen LogP contribution in [0, 0.1) is 5.92 Å². The van der Waals surface area contributed by atoms with Gasteiger partial charge in [0.15, 0.2) is 0 Å². The molecule has 0 amide bonds. The predicted octanol–water partition coefficient (Wildman–Crippen LogP) is 2.73. The second kappa shape index (κ2) is 4.34. The molecular weight excluding hydrogens is 210 g/mol. The maximum Gasteiger partial charge on any atom is 0.119 e. The molecule has 0 spiro atoms. The Kier molecular flexibility index (Phi) is 2.83. The minimum absolute atomic E-state index is 0.371. The van der Waals surface area contributed by atoms with Crippen molar-refractivity contribution < 1.29 is 4.74 Å². The van der Waals surface area contributed by atoms with Gasteiger partial charge in [-0.05, 0) is 43.0 Å². The number of methoxy groups -OCH3 is 1. The van der Waals surface area contributed by atoms with Crippen LogP contribution >= 0.6 is 0 Å². The first-order valence-corrected chi connectivity index (χ1v) is 6.68. The van der Waals surface area contributed by atoms with Crippen molar-refractivity contribution in [3.8, 4) is 5.75 Å². The molecule has 1 unspecified atom stereocenters. The van der Waals surface area contributed by atoms with Gasteiger partial charge in [-0.2, -0.15) is 0 Å². The lowest BCUT2D eigenvalue weighted by Crippen LogP contribution is -2.29. The molecule has 1 N–H and O–H groups in total. The lowest BCUT2D eigenvalue weighted by Gasteiger charge is -2.29. The molecule has 3 rings (SSSR count). The molecule has 0 aromatic heterocycles. The van der Waals surface area contributed by atoms with E-state index in [1.54, 1.807) is 7.11 Å². The summed E-state index contributed by atoms with van der Waals surface area (Å²) < 4.78 is 5.36. The maximum atomic E-state index is 5.36. The van der Waals surface area contributed by atoms with Crippen LogP contribution < -0.4 is 10.1 Å². The van der Waals surface area contributed by atoms with Gasteiger partial charge in [0.2, 0.25) is 0 Å². The summed E-state index contributed by atoms with van der Waals surface area (Å²) in [6, 6.07) is 8.67. The zero-order chi connectivity index (χ0) is 11.7. The van der Waals surface area contributed by atoms with Gasteiger partial charge in [-0.1, -0.05) is 25.0 Å². The minimum Gasteiger partial charge on any atom is -0.497 e. The first-order chi connectivity index (χ1) is 8.32. The van der Waals surface area contributed by atoms with Crippen molar-refractivity contribution in [1.82, 2.24) is 5.32 Å². The summed E-state index contributed by atoms with van der Waals surface area (Å²) in [7, 11) is 1.75. The van der Waals surface area contributed by atoms with E-state index in [1.807, 2.05) is 6.07 Å². The molecule has 1 heterocycles. The lowest BCUT2D eigenvalue weighted by atomic mass is 9.75. The van der Waals surface area contributed by atoms with E-state index in [0.29, 0.717) is 5.41 Å². The normalized spacial score (nSPS) is 28.3. The Labute approximate surface area is 103 Å². The van der Waals surface area contributed by atoms with Crippen LogP contribution in [0.5, 0.6) is 5.75 Å². The summed E-state index contributed by atoms with van der Waals surface area (Å²) in [6.07, 6.45) is 5.50. The average molecular weight is 231 g/mol. The highest BCUT2D eigenvalue weighted by Crippen LogP contribution is 2.45. The van der Waals surface area contributed by atoms with Crippen LogP contribution in [0.25, 0.3) is 0 Å². The average Bonchev–Trinajstić information content (AvgIpc) is 3.05. The smallest absolute Gasteiger partial charge is 0.119 e. The molecule has 1 aromatic carbocycles. The van der Waals surface area contributed by atoms with E-state index in [9.17, 15) is 0 Å². The number of ether oxygens (including phenoxy) is 1. The summed E-state index contributed by atoms with van der Waals surface area (Å²) in [6.45, 7) is 2.29. The van der Waals surface area contributed by atoms with Crippen LogP contribution in [0.2, 0.25) is 0 Å². The second-order valence-electron chi connectivity index (χ2n) is 5.59. The van der Waals surface area contributed by atoms with Crippen molar-refractivity contribution in [2.75, 3.05) is 20.2 Å². The summed E-state index contributed by atoms with van der Waals surface area (Å²) >= 11 is 0. The van der Waals surface area contributed by atoms with Crippen molar-refractivity contribution in [1.29, 1.82) is 0 Å². The number of nitrogens with one attached hydrogen (secondary N) is 1. The van der Waals surface area contributed by atoms with Crippen molar-refractivity contribution in [3.63, 3.8) is 0 Å². The van der Waals surface area contributed by atoms with Crippen molar-refractivity contribution in [2.24, 2.45) is 5.92 Å². The Morgan fingerprint density at radius 2 is 2.29 bits per heavy atom. The number of hydrogen-bond donors (Lipinski definition) is 1. The standard InChI is InChI=1S/C15H21NO/c1-17-14-4-2-3-13(9-14)15(7-8-16-11-15)10-12-5-6-12/h2-4,9,12,16H,5-8,10-11H2,1H3. The quantitative estimate of drug-likeness (QED) is 0.860. The molecule has 0 radical (unpaired) electrons. The Balaban J connectivity index is 1.90. The highest BCUT2D eigenvalue weighted by molar-refractivity contribution is 5.35. The van der Waals surface area contributed by atoms with Crippen LogP contribution in [-0.2, 0) is 5.41 Å². The highest BCUT2D eigenvalue weighted by atomic mass is 16.5. The van der Waals surface area contributed by atoms with Crippen LogP contribution in [0.3, 0.4) is 0 Å². The molecule has 2 fully saturated rings. The molecule has 1 aromatic rings. The first kappa shape index (κ1) is 11.1. The van der Waals surface area contributed by atoms with Crippen molar-refractivity contribution >= 4 is 0 Å². The zero-order valence-electron chi connectivity index (χ0n) is 10.5. The fourth-order valence-corrected chi connectivity index (χ4v) is 3.11. The highest BCUT2D eigenvalue weighted by Gasteiger charge is 2.40. The molecule has 2 heteroatoms. The van der Waals surface area contributed by atoms with Gasteiger partial charge in [-0.15, -0.1) is 0 Å². The van der Waals surface area contributed by atoms with E-state index in [4.69, 9.17) is 4.74 Å². The van der Waals surface area contributed by atoms with Crippen LogP contribution in [-0.4, -0.2) is 20.2 Å². The first-order valence-electron chi connectivity index (χ1n) is 6.68. The fraction of sp³-hybridized carbons (Fsp3) is 0.600. The molecule has 2 nitrogen and oxygen atoms in total. The van der Waals surface area contributed by atoms with Crippen molar-refractivity contribution in [2.45, 2.75) is 31.1 Å². The largest absolute Gasteiger partial charge is 0.497 e. The molecule has 1 aliphatic carbocycles. The molecule has 92 valence electrons. The summed E-state index contributed by atoms with van der Waals surface area (Å²) in [5.74, 6) is 1.96. The van der Waals surface area contributed by atoms with E-state index >= 15 is 0 Å². The SMILES string of the molecule is COc1cccc(C2(CC3CC3)CCNC2)c1. The Bertz CT molecular complexity index is 392. The van der Waals surface area contributed by atoms with Gasteiger partial charge in [0.25, 0.3) is 0 Å². The van der Waals surface area contributed by atoms with E-state index in [-0.39, 0.29) is 0 Å². The molecule has 0 bridgehead atoms. The molecule has 1 aliphatic heterocycles. The van der Waals surface area contributed by atoms with Crippen LogP contribution in [0.1, 0.15) is 31.2 Å². The Hall–Kier alpha value is -1.02. The Morgan fingerprint density at radius 3 is 2.94 bits per heavy atom. The molecule has 1 saturated heterocycles. The predicted molar refractivity (Wildman–Crippen MR) is 69.5 cm³/mol. The van der Waals surface area contributed by atoms with Crippen LogP contribution in [0.15, 0.2) is 24.3 Å². The third-order valence-corrected chi connectivity index (χ3v) is 4.30. The summed E-state index contributed by atoms with van der Waals surface area (Å²) in [5, 5.41) is 3.54. The van der Waals surface area contributed by atoms with Gasteiger partial charge in [0, 0.05) is 12.0 Å². The van der Waals surface area contributed by atoms with Crippen LogP contribution in [0.4, 0.5) is 0 Å². The number of benzene rings is 1. The van der Waals surface area contributed by atoms with Crippen molar-refractivity contribution in [3.05, 3.63) is 29.8 Å². The maximum absolute atomic E-state index is 5.36. The molecule has 2 aliphatic rings. The molecule has 1 saturated carbocycles. The second-order valence-corrected chi connectivity index (χ2v) is 5.59. The molecule has 17 heavy (non-hydrogen) atoms. The number of rotatable bonds is 4. The van der Waals surface area contributed by atoms with E-state index < -0.39 is 0 Å². The van der Waals surface area contributed by atoms with E-state index in [0.717, 1.165) is 24.8 Å². The number of hydrogen-bond acceptors (Lipinski definition) is 2. The van der Waals surface area contributed by atoms with Gasteiger partial charge < -0.3 is 10.1 Å². The van der Waals surface area contributed by atoms with Gasteiger partial charge in [-0.3, -0.25) is 0 Å². The molecule has 1 atom stereocenters. The zero-order valence-corrected chi connectivity index (χ0v) is 10.5. The lowest BCUT2D eigenvalue weighted by molar-refractivity contribution is 0.393. The molecular formula is C15H21NO.